The van der Waals surface area contributed by atoms with Crippen LogP contribution in [0.3, 0.4) is 0 Å². The molecule has 0 aromatic carbocycles. The number of aromatic nitrogens is 2. The summed E-state index contributed by atoms with van der Waals surface area (Å²) >= 11 is 0. The predicted molar refractivity (Wildman–Crippen MR) is 53.4 cm³/mol. The average Bonchev–Trinajstić information content (AvgIpc) is 2.74. The van der Waals surface area contributed by atoms with E-state index in [-0.39, 0.29) is 5.03 Å². The Morgan fingerprint density at radius 2 is 2.38 bits per heavy atom. The molecule has 1 aliphatic rings. The van der Waals surface area contributed by atoms with Crippen molar-refractivity contribution in [3.63, 3.8) is 0 Å². The number of fused-ring (bicyclic) bond motifs is 1. The van der Waals surface area contributed by atoms with Crippen molar-refractivity contribution >= 4 is 16.0 Å². The summed E-state index contributed by atoms with van der Waals surface area (Å²) in [5.74, 6) is -0.486. The highest BCUT2D eigenvalue weighted by atomic mass is 32.2. The van der Waals surface area contributed by atoms with Crippen LogP contribution in [0.15, 0.2) is 11.2 Å². The van der Waals surface area contributed by atoms with E-state index >= 15 is 0 Å². The predicted octanol–water partition coefficient (Wildman–Crippen LogP) is -0.808. The van der Waals surface area contributed by atoms with Crippen molar-refractivity contribution in [1.82, 2.24) is 14.3 Å². The summed E-state index contributed by atoms with van der Waals surface area (Å²) in [4.78, 5) is 14.3. The maximum atomic E-state index is 11.7. The van der Waals surface area contributed by atoms with Crippen LogP contribution in [0.4, 0.5) is 0 Å². The molecule has 16 heavy (non-hydrogen) atoms. The van der Waals surface area contributed by atoms with Crippen LogP contribution >= 0.6 is 0 Å². The molecule has 0 aliphatic carbocycles. The summed E-state index contributed by atoms with van der Waals surface area (Å²) in [5, 5.41) is 8.46. The Balaban J connectivity index is 2.26. The number of sulfonamides is 1. The van der Waals surface area contributed by atoms with Crippen LogP contribution in [-0.2, 0) is 27.8 Å². The molecule has 1 aromatic heterocycles. The normalized spacial score (nSPS) is 15.0. The number of aryl methyl sites for hydroxylation is 1. The van der Waals surface area contributed by atoms with E-state index < -0.39 is 22.5 Å². The number of rotatable bonds is 4. The molecule has 0 fully saturated rings. The van der Waals surface area contributed by atoms with Crippen molar-refractivity contribution in [3.8, 4) is 0 Å². The van der Waals surface area contributed by atoms with E-state index in [1.54, 1.807) is 4.57 Å². The first-order valence-corrected chi connectivity index (χ1v) is 6.25. The summed E-state index contributed by atoms with van der Waals surface area (Å²) in [6, 6.07) is 0. The van der Waals surface area contributed by atoms with E-state index in [4.69, 9.17) is 5.11 Å². The maximum absolute atomic E-state index is 11.7. The second-order valence-corrected chi connectivity index (χ2v) is 5.20. The minimum Gasteiger partial charge on any atom is -0.480 e. The molecule has 0 bridgehead atoms. The van der Waals surface area contributed by atoms with Crippen molar-refractivity contribution in [1.29, 1.82) is 0 Å². The highest BCUT2D eigenvalue weighted by molar-refractivity contribution is 7.89. The van der Waals surface area contributed by atoms with Crippen LogP contribution in [0.2, 0.25) is 0 Å². The van der Waals surface area contributed by atoms with Gasteiger partial charge in [0.25, 0.3) is 10.0 Å². The Hall–Kier alpha value is -1.41. The molecule has 1 aliphatic heterocycles. The van der Waals surface area contributed by atoms with Crippen molar-refractivity contribution in [2.45, 2.75) is 24.4 Å². The molecule has 2 heterocycles. The number of nitrogens with one attached hydrogen (secondary N) is 1. The first-order chi connectivity index (χ1) is 7.50. The van der Waals surface area contributed by atoms with Gasteiger partial charge in [0.2, 0.25) is 0 Å². The van der Waals surface area contributed by atoms with Crippen LogP contribution in [0, 0.1) is 0 Å². The second-order valence-electron chi connectivity index (χ2n) is 3.49. The molecule has 0 spiro atoms. The fraction of sp³-hybridized carbons (Fsp3) is 0.500. The lowest BCUT2D eigenvalue weighted by atomic mass is 10.4. The first-order valence-electron chi connectivity index (χ1n) is 4.76. The molecule has 0 saturated carbocycles. The molecule has 0 radical (unpaired) electrons. The SMILES string of the molecule is O=C(O)CNS(=O)(=O)c1cnc2n1CCC2. The number of aliphatic carboxylic acids is 1. The number of hydrogen-bond acceptors (Lipinski definition) is 4. The summed E-state index contributed by atoms with van der Waals surface area (Å²) in [6.07, 6.45) is 2.89. The Kier molecular flexibility index (Phi) is 2.68. The molecule has 0 amide bonds. The third kappa shape index (κ3) is 1.93. The zero-order valence-corrected chi connectivity index (χ0v) is 9.20. The van der Waals surface area contributed by atoms with E-state index in [0.717, 1.165) is 18.7 Å². The molecule has 7 nitrogen and oxygen atoms in total. The molecule has 88 valence electrons. The average molecular weight is 245 g/mol. The van der Waals surface area contributed by atoms with Crippen molar-refractivity contribution < 1.29 is 18.3 Å². The monoisotopic (exact) mass is 245 g/mol. The van der Waals surface area contributed by atoms with Crippen molar-refractivity contribution in [3.05, 3.63) is 12.0 Å². The van der Waals surface area contributed by atoms with Crippen LogP contribution in [0.5, 0.6) is 0 Å². The molecular weight excluding hydrogens is 234 g/mol. The molecule has 2 N–H and O–H groups in total. The van der Waals surface area contributed by atoms with E-state index in [9.17, 15) is 13.2 Å². The van der Waals surface area contributed by atoms with Gasteiger partial charge in [-0.2, -0.15) is 4.72 Å². The fourth-order valence-electron chi connectivity index (χ4n) is 1.68. The summed E-state index contributed by atoms with van der Waals surface area (Å²) in [6.45, 7) is -0.0124. The lowest BCUT2D eigenvalue weighted by Gasteiger charge is -2.06. The number of imidazole rings is 1. The molecule has 0 atom stereocenters. The zero-order chi connectivity index (χ0) is 11.8. The van der Waals surface area contributed by atoms with Gasteiger partial charge < -0.3 is 9.67 Å². The molecule has 8 heteroatoms. The Morgan fingerprint density at radius 1 is 1.62 bits per heavy atom. The van der Waals surface area contributed by atoms with Crippen LogP contribution in [0.25, 0.3) is 0 Å². The lowest BCUT2D eigenvalue weighted by molar-refractivity contribution is -0.135. The number of hydrogen-bond donors (Lipinski definition) is 2. The second kappa shape index (κ2) is 3.87. The lowest BCUT2D eigenvalue weighted by Crippen LogP contribution is -2.30. The van der Waals surface area contributed by atoms with Gasteiger partial charge in [-0.15, -0.1) is 0 Å². The van der Waals surface area contributed by atoms with Gasteiger partial charge in [-0.3, -0.25) is 4.79 Å². The Bertz CT molecular complexity index is 519. The Morgan fingerprint density at radius 3 is 3.06 bits per heavy atom. The van der Waals surface area contributed by atoms with Gasteiger partial charge in [0.05, 0.1) is 6.20 Å². The first kappa shape index (κ1) is 11.1. The van der Waals surface area contributed by atoms with Crippen molar-refractivity contribution in [2.75, 3.05) is 6.54 Å². The maximum Gasteiger partial charge on any atom is 0.318 e. The van der Waals surface area contributed by atoms with Crippen LogP contribution in [0.1, 0.15) is 12.2 Å². The number of nitrogens with zero attached hydrogens (tertiary/aromatic N) is 2. The molecular formula is C8H11N3O4S. The highest BCUT2D eigenvalue weighted by Gasteiger charge is 2.25. The van der Waals surface area contributed by atoms with Gasteiger partial charge in [-0.1, -0.05) is 0 Å². The quantitative estimate of drug-likeness (QED) is 0.722. The standard InChI is InChI=1S/C8H11N3O4S/c12-8(13)5-10-16(14,15)7-4-9-6-2-1-3-11(6)7/h4,10H,1-3,5H2,(H,12,13). The van der Waals surface area contributed by atoms with Gasteiger partial charge in [0, 0.05) is 13.0 Å². The zero-order valence-electron chi connectivity index (χ0n) is 8.38. The highest BCUT2D eigenvalue weighted by Crippen LogP contribution is 2.19. The molecule has 0 saturated heterocycles. The number of carbonyl (C=O) groups is 1. The van der Waals surface area contributed by atoms with Gasteiger partial charge >= 0.3 is 5.97 Å². The van der Waals surface area contributed by atoms with Crippen LogP contribution < -0.4 is 4.72 Å². The number of carboxylic acids is 1. The van der Waals surface area contributed by atoms with Crippen LogP contribution in [-0.4, -0.2) is 35.6 Å². The number of carboxylic acid groups (broad SMARTS) is 1. The third-order valence-electron chi connectivity index (χ3n) is 2.37. The molecule has 1 aromatic rings. The van der Waals surface area contributed by atoms with Crippen molar-refractivity contribution in [2.24, 2.45) is 0 Å². The van der Waals surface area contributed by atoms with Gasteiger partial charge in [-0.25, -0.2) is 13.4 Å². The van der Waals surface area contributed by atoms with Gasteiger partial charge in [-0.05, 0) is 6.42 Å². The minimum atomic E-state index is -3.77. The molecule has 0 unspecified atom stereocenters. The van der Waals surface area contributed by atoms with Gasteiger partial charge in [0.15, 0.2) is 5.03 Å². The van der Waals surface area contributed by atoms with E-state index in [0.29, 0.717) is 6.54 Å². The Labute approximate surface area is 92.2 Å². The summed E-state index contributed by atoms with van der Waals surface area (Å²) < 4.78 is 27.0. The largest absolute Gasteiger partial charge is 0.480 e. The minimum absolute atomic E-state index is 0.0428. The topological polar surface area (TPSA) is 101 Å². The fourth-order valence-corrected chi connectivity index (χ4v) is 2.82. The van der Waals surface area contributed by atoms with Gasteiger partial charge in [0.1, 0.15) is 12.4 Å². The third-order valence-corrected chi connectivity index (χ3v) is 3.77. The van der Waals surface area contributed by atoms with E-state index in [2.05, 4.69) is 4.98 Å². The molecule has 2 rings (SSSR count). The smallest absolute Gasteiger partial charge is 0.318 e. The summed E-state index contributed by atoms with van der Waals surface area (Å²) in [7, 11) is -3.77. The summed E-state index contributed by atoms with van der Waals surface area (Å²) in [5.41, 5.74) is 0. The van der Waals surface area contributed by atoms with E-state index in [1.165, 1.54) is 6.20 Å². The van der Waals surface area contributed by atoms with E-state index in [1.807, 2.05) is 4.72 Å².